The SMILES string of the molecule is CNC(=O)c1ccccc1NC(=S)NC(=O)/C=C/c1ccccc1Cl. The second-order valence-corrected chi connectivity index (χ2v) is 5.74. The fraction of sp³-hybridized carbons (Fsp3) is 0.0556. The summed E-state index contributed by atoms with van der Waals surface area (Å²) in [6.07, 6.45) is 2.93. The van der Waals surface area contributed by atoms with E-state index in [9.17, 15) is 9.59 Å². The summed E-state index contributed by atoms with van der Waals surface area (Å²) in [4.78, 5) is 23.8. The van der Waals surface area contributed by atoms with Crippen LogP contribution in [-0.2, 0) is 4.79 Å². The molecule has 0 heterocycles. The summed E-state index contributed by atoms with van der Waals surface area (Å²) in [5.74, 6) is -0.661. The molecule has 25 heavy (non-hydrogen) atoms. The summed E-state index contributed by atoms with van der Waals surface area (Å²) in [7, 11) is 1.54. The van der Waals surface area contributed by atoms with Gasteiger partial charge in [-0.05, 0) is 42.1 Å². The van der Waals surface area contributed by atoms with Crippen molar-refractivity contribution in [1.29, 1.82) is 0 Å². The van der Waals surface area contributed by atoms with Gasteiger partial charge in [0.2, 0.25) is 5.91 Å². The van der Waals surface area contributed by atoms with Crippen molar-refractivity contribution >= 4 is 52.5 Å². The number of anilines is 1. The molecule has 0 aromatic heterocycles. The van der Waals surface area contributed by atoms with Gasteiger partial charge < -0.3 is 10.6 Å². The number of thiocarbonyl (C=S) groups is 1. The highest BCUT2D eigenvalue weighted by atomic mass is 35.5. The van der Waals surface area contributed by atoms with Crippen molar-refractivity contribution in [3.63, 3.8) is 0 Å². The van der Waals surface area contributed by atoms with E-state index in [1.807, 2.05) is 12.1 Å². The van der Waals surface area contributed by atoms with Crippen molar-refractivity contribution in [2.45, 2.75) is 0 Å². The average molecular weight is 374 g/mol. The van der Waals surface area contributed by atoms with E-state index in [2.05, 4.69) is 16.0 Å². The first-order valence-corrected chi connectivity index (χ1v) is 8.15. The molecule has 0 atom stereocenters. The van der Waals surface area contributed by atoms with E-state index in [1.54, 1.807) is 49.5 Å². The number of carbonyl (C=O) groups is 2. The zero-order chi connectivity index (χ0) is 18.2. The molecule has 2 rings (SSSR count). The first kappa shape index (κ1) is 18.6. The molecule has 0 radical (unpaired) electrons. The Hall–Kier alpha value is -2.70. The second kappa shape index (κ2) is 8.96. The summed E-state index contributed by atoms with van der Waals surface area (Å²) in [5.41, 5.74) is 1.65. The van der Waals surface area contributed by atoms with Crippen LogP contribution in [0.5, 0.6) is 0 Å². The van der Waals surface area contributed by atoms with Crippen LogP contribution in [0.15, 0.2) is 54.6 Å². The zero-order valence-electron chi connectivity index (χ0n) is 13.4. The van der Waals surface area contributed by atoms with Gasteiger partial charge in [-0.3, -0.25) is 14.9 Å². The molecule has 0 saturated carbocycles. The molecule has 0 aliphatic carbocycles. The van der Waals surface area contributed by atoms with Crippen LogP contribution in [0.25, 0.3) is 6.08 Å². The Kier molecular flexibility index (Phi) is 6.68. The molecule has 0 spiro atoms. The molecular formula is C18H16ClN3O2S. The Labute approximate surface area is 156 Å². The van der Waals surface area contributed by atoms with Gasteiger partial charge in [0.1, 0.15) is 0 Å². The van der Waals surface area contributed by atoms with Crippen LogP contribution in [-0.4, -0.2) is 24.0 Å². The summed E-state index contributed by atoms with van der Waals surface area (Å²) >= 11 is 11.1. The van der Waals surface area contributed by atoms with E-state index in [1.165, 1.54) is 6.08 Å². The lowest BCUT2D eigenvalue weighted by molar-refractivity contribution is -0.115. The molecule has 0 fully saturated rings. The Morgan fingerprint density at radius 2 is 1.76 bits per heavy atom. The van der Waals surface area contributed by atoms with Crippen LogP contribution in [0.2, 0.25) is 5.02 Å². The van der Waals surface area contributed by atoms with Crippen LogP contribution in [0.1, 0.15) is 15.9 Å². The first-order chi connectivity index (χ1) is 12.0. The normalized spacial score (nSPS) is 10.3. The third kappa shape index (κ3) is 5.41. The lowest BCUT2D eigenvalue weighted by Gasteiger charge is -2.11. The predicted molar refractivity (Wildman–Crippen MR) is 105 cm³/mol. The highest BCUT2D eigenvalue weighted by molar-refractivity contribution is 7.80. The van der Waals surface area contributed by atoms with Crippen molar-refractivity contribution in [2.75, 3.05) is 12.4 Å². The summed E-state index contributed by atoms with van der Waals surface area (Å²) in [6, 6.07) is 14.0. The van der Waals surface area contributed by atoms with E-state index < -0.39 is 5.91 Å². The molecule has 2 aromatic carbocycles. The summed E-state index contributed by atoms with van der Waals surface area (Å²) in [5, 5.41) is 8.55. The fourth-order valence-electron chi connectivity index (χ4n) is 2.01. The number of amides is 2. The molecule has 128 valence electrons. The van der Waals surface area contributed by atoms with Gasteiger partial charge in [0.05, 0.1) is 11.3 Å². The van der Waals surface area contributed by atoms with E-state index in [4.69, 9.17) is 23.8 Å². The second-order valence-electron chi connectivity index (χ2n) is 4.92. The molecule has 0 bridgehead atoms. The predicted octanol–water partition coefficient (Wildman–Crippen LogP) is 3.23. The Bertz CT molecular complexity index is 837. The molecule has 7 heteroatoms. The topological polar surface area (TPSA) is 70.2 Å². The number of hydrogen-bond acceptors (Lipinski definition) is 3. The molecule has 2 aromatic rings. The molecule has 0 unspecified atom stereocenters. The highest BCUT2D eigenvalue weighted by Gasteiger charge is 2.10. The molecule has 0 saturated heterocycles. The number of halogens is 1. The van der Waals surface area contributed by atoms with Gasteiger partial charge in [0, 0.05) is 18.1 Å². The molecule has 3 N–H and O–H groups in total. The molecular weight excluding hydrogens is 358 g/mol. The monoisotopic (exact) mass is 373 g/mol. The third-order valence-electron chi connectivity index (χ3n) is 3.20. The maximum atomic E-state index is 12.0. The largest absolute Gasteiger partial charge is 0.355 e. The standard InChI is InChI=1S/C18H16ClN3O2S/c1-20-17(24)13-7-3-5-9-15(13)21-18(25)22-16(23)11-10-12-6-2-4-8-14(12)19/h2-11H,1H3,(H,20,24)(H2,21,22,23,25)/b11-10+. The lowest BCUT2D eigenvalue weighted by Crippen LogP contribution is -2.33. The van der Waals surface area contributed by atoms with Crippen molar-refractivity contribution in [3.05, 3.63) is 70.8 Å². The maximum Gasteiger partial charge on any atom is 0.253 e. The average Bonchev–Trinajstić information content (AvgIpc) is 2.60. The van der Waals surface area contributed by atoms with Gasteiger partial charge in [0.15, 0.2) is 5.11 Å². The van der Waals surface area contributed by atoms with E-state index >= 15 is 0 Å². The number of rotatable bonds is 4. The molecule has 5 nitrogen and oxygen atoms in total. The minimum Gasteiger partial charge on any atom is -0.355 e. The van der Waals surface area contributed by atoms with Crippen LogP contribution in [0, 0.1) is 0 Å². The molecule has 2 amide bonds. The Morgan fingerprint density at radius 3 is 2.48 bits per heavy atom. The van der Waals surface area contributed by atoms with Crippen molar-refractivity contribution in [2.24, 2.45) is 0 Å². The third-order valence-corrected chi connectivity index (χ3v) is 3.75. The van der Waals surface area contributed by atoms with Gasteiger partial charge in [-0.1, -0.05) is 41.9 Å². The van der Waals surface area contributed by atoms with E-state index in [-0.39, 0.29) is 11.0 Å². The quantitative estimate of drug-likeness (QED) is 0.568. The number of carbonyl (C=O) groups excluding carboxylic acids is 2. The van der Waals surface area contributed by atoms with Gasteiger partial charge in [0.25, 0.3) is 5.91 Å². The first-order valence-electron chi connectivity index (χ1n) is 7.37. The number of nitrogens with one attached hydrogen (secondary N) is 3. The van der Waals surface area contributed by atoms with Crippen molar-refractivity contribution < 1.29 is 9.59 Å². The minimum absolute atomic E-state index is 0.0881. The van der Waals surface area contributed by atoms with Gasteiger partial charge in [-0.15, -0.1) is 0 Å². The Morgan fingerprint density at radius 1 is 1.08 bits per heavy atom. The number of para-hydroxylation sites is 1. The van der Waals surface area contributed by atoms with Crippen LogP contribution in [0.3, 0.4) is 0 Å². The van der Waals surface area contributed by atoms with Gasteiger partial charge in [-0.25, -0.2) is 0 Å². The van der Waals surface area contributed by atoms with Gasteiger partial charge >= 0.3 is 0 Å². The fourth-order valence-corrected chi connectivity index (χ4v) is 2.42. The minimum atomic E-state index is -0.408. The molecule has 0 aliphatic rings. The smallest absolute Gasteiger partial charge is 0.253 e. The van der Waals surface area contributed by atoms with E-state index in [0.717, 1.165) is 5.56 Å². The Balaban J connectivity index is 2.00. The lowest BCUT2D eigenvalue weighted by atomic mass is 10.1. The molecule has 0 aliphatic heterocycles. The summed E-state index contributed by atoms with van der Waals surface area (Å²) < 4.78 is 0. The van der Waals surface area contributed by atoms with Crippen LogP contribution >= 0.6 is 23.8 Å². The number of hydrogen-bond donors (Lipinski definition) is 3. The van der Waals surface area contributed by atoms with Crippen molar-refractivity contribution in [3.8, 4) is 0 Å². The van der Waals surface area contributed by atoms with E-state index in [0.29, 0.717) is 16.3 Å². The van der Waals surface area contributed by atoms with Crippen molar-refractivity contribution in [1.82, 2.24) is 10.6 Å². The van der Waals surface area contributed by atoms with Gasteiger partial charge in [-0.2, -0.15) is 0 Å². The summed E-state index contributed by atoms with van der Waals surface area (Å²) in [6.45, 7) is 0. The zero-order valence-corrected chi connectivity index (χ0v) is 14.9. The van der Waals surface area contributed by atoms with Crippen LogP contribution in [0.4, 0.5) is 5.69 Å². The maximum absolute atomic E-state index is 12.0. The number of benzene rings is 2. The highest BCUT2D eigenvalue weighted by Crippen LogP contribution is 2.16. The van der Waals surface area contributed by atoms with Crippen LogP contribution < -0.4 is 16.0 Å².